The molecule has 0 bridgehead atoms. The summed E-state index contributed by atoms with van der Waals surface area (Å²) in [5, 5.41) is 3.26. The van der Waals surface area contributed by atoms with E-state index in [4.69, 9.17) is 4.99 Å². The van der Waals surface area contributed by atoms with E-state index < -0.39 is 0 Å². The van der Waals surface area contributed by atoms with Gasteiger partial charge in [-0.05, 0) is 19.8 Å². The number of hydrogen-bond donors (Lipinski definition) is 1. The second-order valence-corrected chi connectivity index (χ2v) is 14.4. The fourth-order valence-electron chi connectivity index (χ4n) is 6.80. The van der Waals surface area contributed by atoms with E-state index in [1.54, 1.807) is 0 Å². The van der Waals surface area contributed by atoms with Gasteiger partial charge in [0.25, 0.3) is 0 Å². The van der Waals surface area contributed by atoms with E-state index in [1.165, 1.54) is 186 Å². The zero-order chi connectivity index (χ0) is 31.9. The van der Waals surface area contributed by atoms with Crippen LogP contribution in [-0.4, -0.2) is 42.3 Å². The molecule has 4 heteroatoms. The first-order chi connectivity index (χ1) is 21.6. The number of likely N-dealkylation sites (N-methyl/N-ethyl adjacent to an activating group) is 1. The normalized spacial score (nSPS) is 15.6. The van der Waals surface area contributed by atoms with Crippen molar-refractivity contribution in [1.29, 1.82) is 0 Å². The first-order valence-corrected chi connectivity index (χ1v) is 20.2. The molecule has 1 N–H and O–H groups in total. The summed E-state index contributed by atoms with van der Waals surface area (Å²) < 4.78 is 0. The van der Waals surface area contributed by atoms with E-state index in [0.717, 1.165) is 19.4 Å². The highest BCUT2D eigenvalue weighted by atomic mass is 16.1. The van der Waals surface area contributed by atoms with Gasteiger partial charge in [0.15, 0.2) is 0 Å². The summed E-state index contributed by atoms with van der Waals surface area (Å²) in [6.45, 7) is 7.66. The Morgan fingerprint density at radius 2 is 0.955 bits per heavy atom. The van der Waals surface area contributed by atoms with Gasteiger partial charge in [-0.2, -0.15) is 0 Å². The minimum Gasteiger partial charge on any atom is -0.361 e. The molecule has 4 nitrogen and oxygen atoms in total. The predicted molar refractivity (Wildman–Crippen MR) is 196 cm³/mol. The van der Waals surface area contributed by atoms with Crippen LogP contribution in [0.1, 0.15) is 220 Å². The molecule has 0 aromatic carbocycles. The van der Waals surface area contributed by atoms with Gasteiger partial charge in [0.1, 0.15) is 0 Å². The smallest absolute Gasteiger partial charge is 0.220 e. The van der Waals surface area contributed by atoms with Gasteiger partial charge in [0.2, 0.25) is 5.91 Å². The van der Waals surface area contributed by atoms with Gasteiger partial charge in [0, 0.05) is 26.4 Å². The molecule has 1 heterocycles. The molecular weight excluding hydrogens is 538 g/mol. The zero-order valence-corrected chi connectivity index (χ0v) is 30.6. The van der Waals surface area contributed by atoms with Crippen LogP contribution < -0.4 is 5.32 Å². The highest BCUT2D eigenvalue weighted by Crippen LogP contribution is 2.18. The summed E-state index contributed by atoms with van der Waals surface area (Å²) in [6.07, 6.45) is 41.7. The number of rotatable bonds is 33. The highest BCUT2D eigenvalue weighted by Gasteiger charge is 2.27. The second kappa shape index (κ2) is 30.6. The third-order valence-corrected chi connectivity index (χ3v) is 9.94. The molecule has 0 aromatic rings. The van der Waals surface area contributed by atoms with Crippen LogP contribution in [0.3, 0.4) is 0 Å². The molecular formula is C40H79N3O. The molecule has 0 saturated heterocycles. The van der Waals surface area contributed by atoms with Crippen LogP contribution in [0, 0.1) is 0 Å². The number of aliphatic imine (C=N–C) groups is 1. The van der Waals surface area contributed by atoms with E-state index in [0.29, 0.717) is 6.42 Å². The molecule has 0 aromatic heterocycles. The standard InChI is InChI=1S/C40H79N3O/c1-5-7-9-11-13-15-17-19-20-21-23-24-26-28-30-32-34-39-42-38(36-43(39)4)37(3)41-40(44)35-33-31-29-27-25-22-18-16-14-12-10-8-6-2/h37-38H,5-36H2,1-4H3,(H,41,44). The quantitative estimate of drug-likeness (QED) is 0.0744. The SMILES string of the molecule is CCCCCCCCCCCCCCCCCCC1=NC(C(C)NC(=O)CCCCCCCCCCCCCCC)CN1C. The lowest BCUT2D eigenvalue weighted by Gasteiger charge is -2.20. The number of nitrogens with zero attached hydrogens (tertiary/aromatic N) is 2. The van der Waals surface area contributed by atoms with Gasteiger partial charge >= 0.3 is 0 Å². The number of nitrogens with one attached hydrogen (secondary N) is 1. The fourth-order valence-corrected chi connectivity index (χ4v) is 6.80. The van der Waals surface area contributed by atoms with Crippen LogP contribution >= 0.6 is 0 Å². The van der Waals surface area contributed by atoms with Crippen LogP contribution in [0.5, 0.6) is 0 Å². The van der Waals surface area contributed by atoms with Crippen molar-refractivity contribution < 1.29 is 4.79 Å². The van der Waals surface area contributed by atoms with Crippen molar-refractivity contribution in [3.8, 4) is 0 Å². The van der Waals surface area contributed by atoms with E-state index in [1.807, 2.05) is 0 Å². The average Bonchev–Trinajstić information content (AvgIpc) is 3.39. The largest absolute Gasteiger partial charge is 0.361 e. The molecule has 2 atom stereocenters. The summed E-state index contributed by atoms with van der Waals surface area (Å²) in [5.74, 6) is 1.46. The Balaban J connectivity index is 1.95. The topological polar surface area (TPSA) is 44.7 Å². The number of amides is 1. The number of unbranched alkanes of at least 4 members (excludes halogenated alkanes) is 27. The first kappa shape index (κ1) is 41.0. The first-order valence-electron chi connectivity index (χ1n) is 20.2. The van der Waals surface area contributed by atoms with E-state index >= 15 is 0 Å². The van der Waals surface area contributed by atoms with Gasteiger partial charge < -0.3 is 10.2 Å². The predicted octanol–water partition coefficient (Wildman–Crippen LogP) is 12.3. The number of carbonyl (C=O) groups excluding carboxylic acids is 1. The van der Waals surface area contributed by atoms with Crippen LogP contribution in [-0.2, 0) is 4.79 Å². The monoisotopic (exact) mass is 618 g/mol. The van der Waals surface area contributed by atoms with Gasteiger partial charge in [-0.15, -0.1) is 0 Å². The third-order valence-electron chi connectivity index (χ3n) is 9.94. The second-order valence-electron chi connectivity index (χ2n) is 14.4. The maximum absolute atomic E-state index is 12.5. The van der Waals surface area contributed by atoms with Crippen LogP contribution in [0.4, 0.5) is 0 Å². The van der Waals surface area contributed by atoms with E-state index in [2.05, 4.69) is 38.0 Å². The summed E-state index contributed by atoms with van der Waals surface area (Å²) in [5.41, 5.74) is 0. The summed E-state index contributed by atoms with van der Waals surface area (Å²) in [7, 11) is 2.17. The molecule has 260 valence electrons. The molecule has 1 aliphatic heterocycles. The van der Waals surface area contributed by atoms with Crippen molar-refractivity contribution in [2.24, 2.45) is 4.99 Å². The van der Waals surface area contributed by atoms with Crippen molar-refractivity contribution in [3.63, 3.8) is 0 Å². The van der Waals surface area contributed by atoms with Crippen molar-refractivity contribution >= 4 is 11.7 Å². The lowest BCUT2D eigenvalue weighted by molar-refractivity contribution is -0.121. The van der Waals surface area contributed by atoms with E-state index in [-0.39, 0.29) is 18.0 Å². The Kier molecular flexibility index (Phi) is 28.5. The van der Waals surface area contributed by atoms with E-state index in [9.17, 15) is 4.79 Å². The third kappa shape index (κ3) is 24.2. The number of hydrogen-bond acceptors (Lipinski definition) is 3. The Bertz CT molecular complexity index is 663. The Labute approximate surface area is 276 Å². The molecule has 0 spiro atoms. The molecule has 0 fully saturated rings. The molecule has 1 aliphatic rings. The molecule has 1 amide bonds. The summed E-state index contributed by atoms with van der Waals surface area (Å²) in [6, 6.07) is 0.321. The van der Waals surface area contributed by atoms with Crippen LogP contribution in [0.25, 0.3) is 0 Å². The minimum absolute atomic E-state index is 0.121. The van der Waals surface area contributed by atoms with Crippen molar-refractivity contribution in [2.75, 3.05) is 13.6 Å². The molecule has 1 rings (SSSR count). The molecule has 44 heavy (non-hydrogen) atoms. The summed E-state index contributed by atoms with van der Waals surface area (Å²) >= 11 is 0. The maximum atomic E-state index is 12.5. The Morgan fingerprint density at radius 1 is 0.614 bits per heavy atom. The minimum atomic E-state index is 0.121. The van der Waals surface area contributed by atoms with Crippen molar-refractivity contribution in [1.82, 2.24) is 10.2 Å². The Hall–Kier alpha value is -1.06. The van der Waals surface area contributed by atoms with Crippen LogP contribution in [0.2, 0.25) is 0 Å². The molecule has 0 aliphatic carbocycles. The number of carbonyl (C=O) groups is 1. The lowest BCUT2D eigenvalue weighted by atomic mass is 10.0. The average molecular weight is 618 g/mol. The molecule has 0 radical (unpaired) electrons. The molecule has 2 unspecified atom stereocenters. The summed E-state index contributed by atoms with van der Waals surface area (Å²) in [4.78, 5) is 19.9. The van der Waals surface area contributed by atoms with Crippen LogP contribution in [0.15, 0.2) is 4.99 Å². The fraction of sp³-hybridized carbons (Fsp3) is 0.950. The van der Waals surface area contributed by atoms with Gasteiger partial charge in [-0.3, -0.25) is 9.79 Å². The maximum Gasteiger partial charge on any atom is 0.220 e. The van der Waals surface area contributed by atoms with Gasteiger partial charge in [0.05, 0.1) is 17.9 Å². The highest BCUT2D eigenvalue weighted by molar-refractivity contribution is 5.84. The number of amidine groups is 1. The van der Waals surface area contributed by atoms with Crippen molar-refractivity contribution in [2.45, 2.75) is 232 Å². The molecule has 0 saturated carbocycles. The zero-order valence-electron chi connectivity index (χ0n) is 30.6. The Morgan fingerprint density at radius 3 is 1.34 bits per heavy atom. The van der Waals surface area contributed by atoms with Gasteiger partial charge in [-0.25, -0.2) is 0 Å². The lowest BCUT2D eigenvalue weighted by Crippen LogP contribution is -2.42. The van der Waals surface area contributed by atoms with Gasteiger partial charge in [-0.1, -0.05) is 187 Å². The van der Waals surface area contributed by atoms with Crippen molar-refractivity contribution in [3.05, 3.63) is 0 Å².